The fourth-order valence-electron chi connectivity index (χ4n) is 0.997. The normalized spacial score (nSPS) is 14.9. The summed E-state index contributed by atoms with van der Waals surface area (Å²) in [6, 6.07) is 7.56. The lowest BCUT2D eigenvalue weighted by atomic mass is 10.1. The van der Waals surface area contributed by atoms with Crippen LogP contribution in [0.3, 0.4) is 0 Å². The number of hydrogen-bond donors (Lipinski definition) is 2. The van der Waals surface area contributed by atoms with Crippen molar-refractivity contribution >= 4 is 0 Å². The molecule has 0 saturated heterocycles. The SMILES string of the molecule is Cc1ccccc1OC[C@@](C)(O)CO. The zero-order valence-corrected chi connectivity index (χ0v) is 8.53. The average molecular weight is 196 g/mol. The maximum absolute atomic E-state index is 9.50. The highest BCUT2D eigenvalue weighted by molar-refractivity contribution is 5.31. The van der Waals surface area contributed by atoms with Crippen LogP contribution < -0.4 is 4.74 Å². The molecule has 3 nitrogen and oxygen atoms in total. The first kappa shape index (κ1) is 11.0. The lowest BCUT2D eigenvalue weighted by molar-refractivity contribution is -0.0326. The van der Waals surface area contributed by atoms with Crippen molar-refractivity contribution in [1.82, 2.24) is 0 Å². The Balaban J connectivity index is 2.58. The Kier molecular flexibility index (Phi) is 3.49. The molecule has 0 bridgehead atoms. The summed E-state index contributed by atoms with van der Waals surface area (Å²) in [7, 11) is 0. The van der Waals surface area contributed by atoms with Gasteiger partial charge in [0.2, 0.25) is 0 Å². The van der Waals surface area contributed by atoms with E-state index in [4.69, 9.17) is 9.84 Å². The average Bonchev–Trinajstić information content (AvgIpc) is 2.17. The van der Waals surface area contributed by atoms with Crippen LogP contribution in [0.4, 0.5) is 0 Å². The maximum Gasteiger partial charge on any atom is 0.122 e. The molecule has 0 radical (unpaired) electrons. The zero-order valence-electron chi connectivity index (χ0n) is 8.53. The minimum absolute atomic E-state index is 0.0916. The summed E-state index contributed by atoms with van der Waals surface area (Å²) in [5, 5.41) is 18.3. The molecule has 0 aliphatic carbocycles. The summed E-state index contributed by atoms with van der Waals surface area (Å²) < 4.78 is 5.38. The van der Waals surface area contributed by atoms with Gasteiger partial charge in [0.1, 0.15) is 18.0 Å². The van der Waals surface area contributed by atoms with E-state index in [2.05, 4.69) is 0 Å². The van der Waals surface area contributed by atoms with Crippen LogP contribution in [0.5, 0.6) is 5.75 Å². The number of rotatable bonds is 4. The van der Waals surface area contributed by atoms with E-state index in [1.54, 1.807) is 0 Å². The molecule has 14 heavy (non-hydrogen) atoms. The second-order valence-electron chi connectivity index (χ2n) is 3.71. The molecule has 1 aromatic carbocycles. The summed E-state index contributed by atoms with van der Waals surface area (Å²) in [5.74, 6) is 0.737. The molecule has 0 aliphatic heterocycles. The van der Waals surface area contributed by atoms with Gasteiger partial charge in [0.15, 0.2) is 0 Å². The van der Waals surface area contributed by atoms with Crippen LogP contribution in [0, 0.1) is 6.92 Å². The van der Waals surface area contributed by atoms with Gasteiger partial charge in [-0.2, -0.15) is 0 Å². The first-order valence-corrected chi connectivity index (χ1v) is 4.57. The van der Waals surface area contributed by atoms with Crippen molar-refractivity contribution in [2.24, 2.45) is 0 Å². The largest absolute Gasteiger partial charge is 0.490 e. The molecule has 0 amide bonds. The molecule has 0 saturated carbocycles. The van der Waals surface area contributed by atoms with Crippen molar-refractivity contribution in [3.63, 3.8) is 0 Å². The van der Waals surface area contributed by atoms with Crippen LogP contribution in [0.25, 0.3) is 0 Å². The molecule has 2 N–H and O–H groups in total. The van der Waals surface area contributed by atoms with Crippen molar-refractivity contribution < 1.29 is 14.9 Å². The van der Waals surface area contributed by atoms with Gasteiger partial charge >= 0.3 is 0 Å². The van der Waals surface area contributed by atoms with Crippen LogP contribution in [0.1, 0.15) is 12.5 Å². The summed E-state index contributed by atoms with van der Waals surface area (Å²) in [5.41, 5.74) is -0.163. The van der Waals surface area contributed by atoms with E-state index in [-0.39, 0.29) is 13.2 Å². The predicted octanol–water partition coefficient (Wildman–Crippen LogP) is 1.12. The minimum atomic E-state index is -1.18. The molecular formula is C11H16O3. The van der Waals surface area contributed by atoms with Gasteiger partial charge in [0.05, 0.1) is 6.61 Å². The molecule has 0 unspecified atom stereocenters. The molecule has 0 fully saturated rings. The molecule has 1 aromatic rings. The number of aryl methyl sites for hydroxylation is 1. The number of benzene rings is 1. The van der Waals surface area contributed by atoms with Crippen molar-refractivity contribution in [1.29, 1.82) is 0 Å². The first-order chi connectivity index (χ1) is 6.55. The molecular weight excluding hydrogens is 180 g/mol. The van der Waals surface area contributed by atoms with Crippen molar-refractivity contribution in [2.75, 3.05) is 13.2 Å². The Morgan fingerprint density at radius 2 is 2.00 bits per heavy atom. The van der Waals surface area contributed by atoms with E-state index in [1.807, 2.05) is 31.2 Å². The Bertz CT molecular complexity index is 294. The zero-order chi connectivity index (χ0) is 10.6. The van der Waals surface area contributed by atoms with Crippen molar-refractivity contribution in [3.05, 3.63) is 29.8 Å². The Hall–Kier alpha value is -1.06. The van der Waals surface area contributed by atoms with Crippen LogP contribution in [-0.4, -0.2) is 29.0 Å². The summed E-state index contributed by atoms with van der Waals surface area (Å²) in [6.45, 7) is 3.25. The molecule has 0 spiro atoms. The summed E-state index contributed by atoms with van der Waals surface area (Å²) >= 11 is 0. The third kappa shape index (κ3) is 3.01. The maximum atomic E-state index is 9.50. The lowest BCUT2D eigenvalue weighted by Crippen LogP contribution is -2.36. The van der Waals surface area contributed by atoms with E-state index in [0.717, 1.165) is 11.3 Å². The van der Waals surface area contributed by atoms with Crippen LogP contribution >= 0.6 is 0 Å². The highest BCUT2D eigenvalue weighted by atomic mass is 16.5. The van der Waals surface area contributed by atoms with E-state index >= 15 is 0 Å². The summed E-state index contributed by atoms with van der Waals surface area (Å²) in [4.78, 5) is 0. The standard InChI is InChI=1S/C11H16O3/c1-9-5-3-4-6-10(9)14-8-11(2,13)7-12/h3-6,12-13H,7-8H2,1-2H3/t11-/m0/s1. The van der Waals surface area contributed by atoms with E-state index in [1.165, 1.54) is 6.92 Å². The van der Waals surface area contributed by atoms with Gasteiger partial charge in [-0.15, -0.1) is 0 Å². The van der Waals surface area contributed by atoms with Crippen molar-refractivity contribution in [3.8, 4) is 5.75 Å². The van der Waals surface area contributed by atoms with Crippen LogP contribution in [0.15, 0.2) is 24.3 Å². The van der Waals surface area contributed by atoms with Gasteiger partial charge < -0.3 is 14.9 Å². The predicted molar refractivity (Wildman–Crippen MR) is 54.4 cm³/mol. The Morgan fingerprint density at radius 1 is 1.36 bits per heavy atom. The fourth-order valence-corrected chi connectivity index (χ4v) is 0.997. The number of hydrogen-bond acceptors (Lipinski definition) is 3. The Labute approximate surface area is 84.0 Å². The molecule has 0 aliphatic rings. The van der Waals surface area contributed by atoms with Gasteiger partial charge in [0, 0.05) is 0 Å². The van der Waals surface area contributed by atoms with Gasteiger partial charge in [-0.3, -0.25) is 0 Å². The van der Waals surface area contributed by atoms with Gasteiger partial charge in [-0.25, -0.2) is 0 Å². The second-order valence-corrected chi connectivity index (χ2v) is 3.71. The monoisotopic (exact) mass is 196 g/mol. The second kappa shape index (κ2) is 4.44. The molecule has 78 valence electrons. The topological polar surface area (TPSA) is 49.7 Å². The highest BCUT2D eigenvalue weighted by Crippen LogP contribution is 2.17. The fraction of sp³-hybridized carbons (Fsp3) is 0.455. The smallest absolute Gasteiger partial charge is 0.122 e. The number of aliphatic hydroxyl groups excluding tert-OH is 1. The molecule has 1 rings (SSSR count). The number of ether oxygens (including phenoxy) is 1. The molecule has 1 atom stereocenters. The molecule has 0 heterocycles. The lowest BCUT2D eigenvalue weighted by Gasteiger charge is -2.21. The third-order valence-electron chi connectivity index (χ3n) is 1.97. The van der Waals surface area contributed by atoms with E-state index < -0.39 is 5.60 Å². The van der Waals surface area contributed by atoms with Crippen LogP contribution in [-0.2, 0) is 0 Å². The highest BCUT2D eigenvalue weighted by Gasteiger charge is 2.20. The molecule has 0 aromatic heterocycles. The number of para-hydroxylation sites is 1. The van der Waals surface area contributed by atoms with Gasteiger partial charge in [-0.05, 0) is 25.5 Å². The summed E-state index contributed by atoms with van der Waals surface area (Å²) in [6.07, 6.45) is 0. The van der Waals surface area contributed by atoms with E-state index in [0.29, 0.717) is 0 Å². The van der Waals surface area contributed by atoms with Gasteiger partial charge in [0.25, 0.3) is 0 Å². The molecule has 3 heteroatoms. The first-order valence-electron chi connectivity index (χ1n) is 4.57. The van der Waals surface area contributed by atoms with E-state index in [9.17, 15) is 5.11 Å². The van der Waals surface area contributed by atoms with Gasteiger partial charge in [-0.1, -0.05) is 18.2 Å². The van der Waals surface area contributed by atoms with Crippen LogP contribution in [0.2, 0.25) is 0 Å². The minimum Gasteiger partial charge on any atom is -0.490 e. The quantitative estimate of drug-likeness (QED) is 0.758. The van der Waals surface area contributed by atoms with Crippen molar-refractivity contribution in [2.45, 2.75) is 19.4 Å². The Morgan fingerprint density at radius 3 is 2.57 bits per heavy atom. The number of aliphatic hydroxyl groups is 2. The third-order valence-corrected chi connectivity index (χ3v) is 1.97.